The Balaban J connectivity index is 1.44. The first-order valence-corrected chi connectivity index (χ1v) is 16.8. The first kappa shape index (κ1) is 31.5. The third kappa shape index (κ3) is 6.33. The molecule has 0 spiro atoms. The summed E-state index contributed by atoms with van der Waals surface area (Å²) >= 11 is 14.4. The molecule has 6 rings (SSSR count). The molecule has 2 heterocycles. The standard InChI is InChI=1S/C33H23Br4N3O5/c1-3-43-27-13-19(29(36)30(37)31(27)44-17-18-11-12-20(34)14-23(18)35)16-38-40-32(39-24-8-5-4-7-21(24)33(40)41)28-15-22-25(42-2)9-6-10-26(22)45-28/h4-16H,3,17H2,1-2H3. The molecule has 0 saturated carbocycles. The first-order valence-electron chi connectivity index (χ1n) is 13.6. The quantitative estimate of drug-likeness (QED) is 0.135. The molecular formula is C33H23Br4N3O5. The van der Waals surface area contributed by atoms with E-state index in [1.165, 1.54) is 4.68 Å². The van der Waals surface area contributed by atoms with E-state index in [2.05, 4.69) is 68.8 Å². The fraction of sp³-hybridized carbons (Fsp3) is 0.121. The van der Waals surface area contributed by atoms with Gasteiger partial charge in [-0.25, -0.2) is 4.98 Å². The summed E-state index contributed by atoms with van der Waals surface area (Å²) < 4.78 is 28.3. The Labute approximate surface area is 291 Å². The van der Waals surface area contributed by atoms with E-state index in [1.807, 2.05) is 49.4 Å². The van der Waals surface area contributed by atoms with Crippen molar-refractivity contribution in [1.29, 1.82) is 0 Å². The molecule has 228 valence electrons. The molecule has 45 heavy (non-hydrogen) atoms. The molecule has 0 amide bonds. The number of benzene rings is 4. The molecule has 8 nitrogen and oxygen atoms in total. The molecule has 0 aliphatic rings. The maximum Gasteiger partial charge on any atom is 0.282 e. The van der Waals surface area contributed by atoms with Crippen molar-refractivity contribution >= 4 is 91.8 Å². The van der Waals surface area contributed by atoms with Crippen LogP contribution >= 0.6 is 63.7 Å². The minimum absolute atomic E-state index is 0.244. The van der Waals surface area contributed by atoms with Crippen LogP contribution in [-0.4, -0.2) is 29.6 Å². The van der Waals surface area contributed by atoms with Crippen LogP contribution in [0, 0.1) is 0 Å². The van der Waals surface area contributed by atoms with Gasteiger partial charge < -0.3 is 18.6 Å². The monoisotopic (exact) mass is 857 g/mol. The molecular weight excluding hydrogens is 838 g/mol. The highest BCUT2D eigenvalue weighted by Crippen LogP contribution is 2.43. The number of hydrogen-bond donors (Lipinski definition) is 0. The summed E-state index contributed by atoms with van der Waals surface area (Å²) in [5.41, 5.74) is 2.38. The van der Waals surface area contributed by atoms with E-state index in [4.69, 9.17) is 23.6 Å². The topological polar surface area (TPSA) is 88.1 Å². The van der Waals surface area contributed by atoms with E-state index in [-0.39, 0.29) is 11.4 Å². The Bertz CT molecular complexity index is 2160. The SMILES string of the molecule is CCOc1cc(C=Nn2c(-c3cc4c(OC)cccc4o3)nc3ccccc3c2=O)c(Br)c(Br)c1OCc1ccc(Br)cc1Br. The van der Waals surface area contributed by atoms with Crippen molar-refractivity contribution < 1.29 is 18.6 Å². The van der Waals surface area contributed by atoms with Gasteiger partial charge in [-0.2, -0.15) is 9.78 Å². The number of furan rings is 1. The maximum absolute atomic E-state index is 13.8. The molecule has 0 unspecified atom stereocenters. The van der Waals surface area contributed by atoms with Crippen molar-refractivity contribution in [1.82, 2.24) is 9.66 Å². The van der Waals surface area contributed by atoms with Gasteiger partial charge in [0.05, 0.1) is 40.7 Å². The van der Waals surface area contributed by atoms with E-state index in [0.29, 0.717) is 67.2 Å². The molecule has 0 aliphatic heterocycles. The van der Waals surface area contributed by atoms with Gasteiger partial charge in [0, 0.05) is 24.5 Å². The van der Waals surface area contributed by atoms with Crippen molar-refractivity contribution in [3.8, 4) is 28.8 Å². The average molecular weight is 861 g/mol. The second-order valence-corrected chi connectivity index (χ2v) is 13.0. The predicted molar refractivity (Wildman–Crippen MR) is 190 cm³/mol. The van der Waals surface area contributed by atoms with Crippen LogP contribution in [0.25, 0.3) is 33.5 Å². The minimum atomic E-state index is -0.348. The molecule has 2 aromatic heterocycles. The number of rotatable bonds is 9. The molecule has 4 aromatic carbocycles. The zero-order valence-corrected chi connectivity index (χ0v) is 30.2. The summed E-state index contributed by atoms with van der Waals surface area (Å²) in [6, 6.07) is 22.1. The summed E-state index contributed by atoms with van der Waals surface area (Å²) in [7, 11) is 1.60. The van der Waals surface area contributed by atoms with Gasteiger partial charge in [0.2, 0.25) is 5.82 Å². The van der Waals surface area contributed by atoms with E-state index in [1.54, 1.807) is 43.7 Å². The summed E-state index contributed by atoms with van der Waals surface area (Å²) in [6.07, 6.45) is 1.57. The zero-order chi connectivity index (χ0) is 31.7. The number of halogens is 4. The predicted octanol–water partition coefficient (Wildman–Crippen LogP) is 9.73. The van der Waals surface area contributed by atoms with Gasteiger partial charge in [-0.3, -0.25) is 4.79 Å². The summed E-state index contributed by atoms with van der Waals surface area (Å²) in [5.74, 6) is 2.29. The smallest absolute Gasteiger partial charge is 0.282 e. The molecule has 0 radical (unpaired) electrons. The molecule has 0 fully saturated rings. The molecule has 0 aliphatic carbocycles. The fourth-order valence-electron chi connectivity index (χ4n) is 4.72. The van der Waals surface area contributed by atoms with E-state index in [9.17, 15) is 4.79 Å². The second-order valence-electron chi connectivity index (χ2n) is 9.68. The van der Waals surface area contributed by atoms with E-state index in [0.717, 1.165) is 19.9 Å². The number of nitrogens with zero attached hydrogens (tertiary/aromatic N) is 3. The van der Waals surface area contributed by atoms with Crippen molar-refractivity contribution in [3.63, 3.8) is 0 Å². The van der Waals surface area contributed by atoms with Crippen LogP contribution in [0.3, 0.4) is 0 Å². The molecule has 0 atom stereocenters. The lowest BCUT2D eigenvalue weighted by atomic mass is 10.2. The molecule has 12 heteroatoms. The highest BCUT2D eigenvalue weighted by molar-refractivity contribution is 9.13. The van der Waals surface area contributed by atoms with Gasteiger partial charge in [0.1, 0.15) is 17.9 Å². The Hall–Kier alpha value is -3.45. The lowest BCUT2D eigenvalue weighted by Gasteiger charge is -2.17. The Kier molecular flexibility index (Phi) is 9.46. The molecule has 6 aromatic rings. The van der Waals surface area contributed by atoms with Crippen LogP contribution in [-0.2, 0) is 6.61 Å². The van der Waals surface area contributed by atoms with E-state index < -0.39 is 0 Å². The van der Waals surface area contributed by atoms with Crippen molar-refractivity contribution in [3.05, 3.63) is 112 Å². The van der Waals surface area contributed by atoms with Crippen LogP contribution in [0.15, 0.2) is 105 Å². The molecule has 0 N–H and O–H groups in total. The van der Waals surface area contributed by atoms with Crippen LogP contribution in [0.5, 0.6) is 17.2 Å². The number of aromatic nitrogens is 2. The number of methoxy groups -OCH3 is 1. The zero-order valence-electron chi connectivity index (χ0n) is 23.8. The second kappa shape index (κ2) is 13.5. The van der Waals surface area contributed by atoms with Crippen molar-refractivity contribution in [2.75, 3.05) is 13.7 Å². The van der Waals surface area contributed by atoms with Crippen molar-refractivity contribution in [2.24, 2.45) is 5.10 Å². The number of fused-ring (bicyclic) bond motifs is 2. The lowest BCUT2D eigenvalue weighted by molar-refractivity contribution is 0.267. The van der Waals surface area contributed by atoms with Gasteiger partial charge in [-0.05, 0) is 87.3 Å². The summed E-state index contributed by atoms with van der Waals surface area (Å²) in [5, 5.41) is 5.81. The Morgan fingerprint density at radius 1 is 0.911 bits per heavy atom. The number of para-hydroxylation sites is 1. The van der Waals surface area contributed by atoms with Gasteiger partial charge in [-0.15, -0.1) is 0 Å². The third-order valence-corrected chi connectivity index (χ3v) is 10.2. The molecule has 0 bridgehead atoms. The van der Waals surface area contributed by atoms with Gasteiger partial charge in [0.15, 0.2) is 17.3 Å². The highest BCUT2D eigenvalue weighted by Gasteiger charge is 2.20. The Morgan fingerprint density at radius 2 is 1.73 bits per heavy atom. The fourth-order valence-corrected chi connectivity index (χ4v) is 6.81. The third-order valence-electron chi connectivity index (χ3n) is 6.87. The van der Waals surface area contributed by atoms with Crippen LogP contribution < -0.4 is 19.8 Å². The largest absolute Gasteiger partial charge is 0.496 e. The average Bonchev–Trinajstić information content (AvgIpc) is 3.48. The first-order chi connectivity index (χ1) is 21.8. The highest BCUT2D eigenvalue weighted by atomic mass is 79.9. The summed E-state index contributed by atoms with van der Waals surface area (Å²) in [4.78, 5) is 18.6. The molecule has 0 saturated heterocycles. The number of hydrogen-bond acceptors (Lipinski definition) is 7. The summed E-state index contributed by atoms with van der Waals surface area (Å²) in [6.45, 7) is 2.61. The lowest BCUT2D eigenvalue weighted by Crippen LogP contribution is -2.20. The van der Waals surface area contributed by atoms with Crippen LogP contribution in [0.2, 0.25) is 0 Å². The maximum atomic E-state index is 13.8. The van der Waals surface area contributed by atoms with Crippen molar-refractivity contribution in [2.45, 2.75) is 13.5 Å². The van der Waals surface area contributed by atoms with Gasteiger partial charge in [-0.1, -0.05) is 56.1 Å². The van der Waals surface area contributed by atoms with Crippen LogP contribution in [0.1, 0.15) is 18.1 Å². The number of ether oxygens (including phenoxy) is 3. The Morgan fingerprint density at radius 3 is 2.51 bits per heavy atom. The minimum Gasteiger partial charge on any atom is -0.496 e. The van der Waals surface area contributed by atoms with Crippen LogP contribution in [0.4, 0.5) is 0 Å². The van der Waals surface area contributed by atoms with E-state index >= 15 is 0 Å². The normalized spacial score (nSPS) is 11.5. The van der Waals surface area contributed by atoms with Gasteiger partial charge in [0.25, 0.3) is 5.56 Å². The van der Waals surface area contributed by atoms with Gasteiger partial charge >= 0.3 is 0 Å².